The molecule has 26 heavy (non-hydrogen) atoms. The standard InChI is InChI=1S/C20H15F2NO3/c1-25-18-4-2-3-5-19(18)26-17-8-6-16(7-9-17)23-20(24)13-10-14(21)12-15(22)11-13/h2-12H,1H3,(H,23,24). The normalized spacial score (nSPS) is 10.3. The molecule has 1 amide bonds. The van der Waals surface area contributed by atoms with E-state index in [0.29, 0.717) is 29.0 Å². The van der Waals surface area contributed by atoms with Gasteiger partial charge in [-0.15, -0.1) is 0 Å². The predicted octanol–water partition coefficient (Wildman–Crippen LogP) is 5.02. The molecule has 4 nitrogen and oxygen atoms in total. The Kier molecular flexibility index (Phi) is 5.12. The molecule has 0 aliphatic carbocycles. The summed E-state index contributed by atoms with van der Waals surface area (Å²) in [6.45, 7) is 0. The molecule has 0 saturated carbocycles. The van der Waals surface area contributed by atoms with Gasteiger partial charge in [0, 0.05) is 17.3 Å². The van der Waals surface area contributed by atoms with Crippen LogP contribution in [0.3, 0.4) is 0 Å². The van der Waals surface area contributed by atoms with Crippen molar-refractivity contribution in [1.29, 1.82) is 0 Å². The third-order valence-corrected chi connectivity index (χ3v) is 3.53. The van der Waals surface area contributed by atoms with E-state index < -0.39 is 17.5 Å². The van der Waals surface area contributed by atoms with Gasteiger partial charge in [-0.2, -0.15) is 0 Å². The Morgan fingerprint density at radius 3 is 2.12 bits per heavy atom. The molecule has 3 aromatic carbocycles. The maximum Gasteiger partial charge on any atom is 0.255 e. The van der Waals surface area contributed by atoms with Crippen molar-refractivity contribution in [2.45, 2.75) is 0 Å². The number of carbonyl (C=O) groups excluding carboxylic acids is 1. The van der Waals surface area contributed by atoms with Gasteiger partial charge in [0.25, 0.3) is 5.91 Å². The van der Waals surface area contributed by atoms with Crippen LogP contribution in [-0.4, -0.2) is 13.0 Å². The summed E-state index contributed by atoms with van der Waals surface area (Å²) >= 11 is 0. The topological polar surface area (TPSA) is 47.6 Å². The summed E-state index contributed by atoms with van der Waals surface area (Å²) in [4.78, 5) is 12.1. The lowest BCUT2D eigenvalue weighted by molar-refractivity contribution is 0.102. The summed E-state index contributed by atoms with van der Waals surface area (Å²) in [5, 5.41) is 2.57. The van der Waals surface area contributed by atoms with E-state index in [1.54, 1.807) is 43.5 Å². The zero-order chi connectivity index (χ0) is 18.5. The third kappa shape index (κ3) is 4.16. The van der Waals surface area contributed by atoms with Crippen LogP contribution in [0.4, 0.5) is 14.5 Å². The quantitative estimate of drug-likeness (QED) is 0.699. The van der Waals surface area contributed by atoms with Crippen molar-refractivity contribution in [3.63, 3.8) is 0 Å². The lowest BCUT2D eigenvalue weighted by Gasteiger charge is -2.11. The van der Waals surface area contributed by atoms with Crippen molar-refractivity contribution >= 4 is 11.6 Å². The Morgan fingerprint density at radius 1 is 0.885 bits per heavy atom. The van der Waals surface area contributed by atoms with Crippen LogP contribution in [0, 0.1) is 11.6 Å². The first-order valence-corrected chi connectivity index (χ1v) is 7.73. The van der Waals surface area contributed by atoms with Crippen molar-refractivity contribution in [2.75, 3.05) is 12.4 Å². The minimum atomic E-state index is -0.810. The molecular weight excluding hydrogens is 340 g/mol. The van der Waals surface area contributed by atoms with Gasteiger partial charge in [-0.25, -0.2) is 8.78 Å². The van der Waals surface area contributed by atoms with E-state index in [4.69, 9.17) is 9.47 Å². The van der Waals surface area contributed by atoms with Gasteiger partial charge >= 0.3 is 0 Å². The van der Waals surface area contributed by atoms with Gasteiger partial charge < -0.3 is 14.8 Å². The molecule has 0 aliphatic rings. The highest BCUT2D eigenvalue weighted by Gasteiger charge is 2.10. The van der Waals surface area contributed by atoms with Crippen LogP contribution in [0.25, 0.3) is 0 Å². The lowest BCUT2D eigenvalue weighted by Crippen LogP contribution is -2.12. The Hall–Kier alpha value is -3.41. The fraction of sp³-hybridized carbons (Fsp3) is 0.0500. The van der Waals surface area contributed by atoms with Gasteiger partial charge in [0.1, 0.15) is 17.4 Å². The van der Waals surface area contributed by atoms with Crippen LogP contribution in [0.15, 0.2) is 66.7 Å². The SMILES string of the molecule is COc1ccccc1Oc1ccc(NC(=O)c2cc(F)cc(F)c2)cc1. The first kappa shape index (κ1) is 17.4. The minimum Gasteiger partial charge on any atom is -0.493 e. The molecule has 132 valence electrons. The molecule has 0 fully saturated rings. The number of para-hydroxylation sites is 2. The van der Waals surface area contributed by atoms with Gasteiger partial charge in [0.15, 0.2) is 11.5 Å². The maximum absolute atomic E-state index is 13.2. The number of carbonyl (C=O) groups is 1. The van der Waals surface area contributed by atoms with Crippen LogP contribution in [-0.2, 0) is 0 Å². The van der Waals surface area contributed by atoms with E-state index in [2.05, 4.69) is 5.32 Å². The van der Waals surface area contributed by atoms with Crippen LogP contribution in [0.1, 0.15) is 10.4 Å². The molecule has 0 radical (unpaired) electrons. The van der Waals surface area contributed by atoms with E-state index in [0.717, 1.165) is 12.1 Å². The summed E-state index contributed by atoms with van der Waals surface area (Å²) in [6, 6.07) is 16.4. The second kappa shape index (κ2) is 7.65. The summed E-state index contributed by atoms with van der Waals surface area (Å²) < 4.78 is 37.4. The van der Waals surface area contributed by atoms with E-state index in [-0.39, 0.29) is 5.56 Å². The third-order valence-electron chi connectivity index (χ3n) is 3.53. The summed E-state index contributed by atoms with van der Waals surface area (Å²) in [5.41, 5.74) is 0.365. The fourth-order valence-electron chi connectivity index (χ4n) is 2.32. The van der Waals surface area contributed by atoms with Crippen molar-refractivity contribution < 1.29 is 23.0 Å². The van der Waals surface area contributed by atoms with Gasteiger partial charge in [-0.05, 0) is 48.5 Å². The minimum absolute atomic E-state index is 0.100. The van der Waals surface area contributed by atoms with Crippen molar-refractivity contribution in [3.05, 3.63) is 83.9 Å². The fourth-order valence-corrected chi connectivity index (χ4v) is 2.32. The smallest absolute Gasteiger partial charge is 0.255 e. The molecule has 0 unspecified atom stereocenters. The lowest BCUT2D eigenvalue weighted by atomic mass is 10.2. The Labute approximate surface area is 149 Å². The largest absolute Gasteiger partial charge is 0.493 e. The van der Waals surface area contributed by atoms with Gasteiger partial charge in [0.2, 0.25) is 0 Å². The zero-order valence-electron chi connectivity index (χ0n) is 13.8. The van der Waals surface area contributed by atoms with Crippen LogP contribution < -0.4 is 14.8 Å². The Morgan fingerprint density at radius 2 is 1.50 bits per heavy atom. The number of amides is 1. The Balaban J connectivity index is 1.70. The molecule has 3 aromatic rings. The molecule has 1 N–H and O–H groups in total. The van der Waals surface area contributed by atoms with Crippen LogP contribution in [0.2, 0.25) is 0 Å². The average Bonchev–Trinajstić information content (AvgIpc) is 2.63. The maximum atomic E-state index is 13.2. The molecule has 3 rings (SSSR count). The first-order valence-electron chi connectivity index (χ1n) is 7.73. The van der Waals surface area contributed by atoms with E-state index in [1.807, 2.05) is 12.1 Å². The number of hydrogen-bond acceptors (Lipinski definition) is 3. The molecule has 0 heterocycles. The van der Waals surface area contributed by atoms with E-state index >= 15 is 0 Å². The van der Waals surface area contributed by atoms with Crippen molar-refractivity contribution in [2.24, 2.45) is 0 Å². The first-order chi connectivity index (χ1) is 12.5. The van der Waals surface area contributed by atoms with Crippen LogP contribution >= 0.6 is 0 Å². The van der Waals surface area contributed by atoms with Gasteiger partial charge in [-0.1, -0.05) is 12.1 Å². The highest BCUT2D eigenvalue weighted by molar-refractivity contribution is 6.04. The molecule has 0 aliphatic heterocycles. The number of rotatable bonds is 5. The van der Waals surface area contributed by atoms with Crippen molar-refractivity contribution in [1.82, 2.24) is 0 Å². The van der Waals surface area contributed by atoms with E-state index in [9.17, 15) is 13.6 Å². The molecule has 0 spiro atoms. The average molecular weight is 355 g/mol. The molecule has 0 bridgehead atoms. The van der Waals surface area contributed by atoms with Crippen LogP contribution in [0.5, 0.6) is 17.2 Å². The molecule has 0 saturated heterocycles. The number of methoxy groups -OCH3 is 1. The number of halogens is 2. The van der Waals surface area contributed by atoms with Crippen molar-refractivity contribution in [3.8, 4) is 17.2 Å². The summed E-state index contributed by atoms with van der Waals surface area (Å²) in [6.07, 6.45) is 0. The van der Waals surface area contributed by atoms with Gasteiger partial charge in [0.05, 0.1) is 7.11 Å². The Bertz CT molecular complexity index is 906. The monoisotopic (exact) mass is 355 g/mol. The zero-order valence-corrected chi connectivity index (χ0v) is 13.8. The summed E-state index contributed by atoms with van der Waals surface area (Å²) in [7, 11) is 1.55. The number of nitrogens with one attached hydrogen (secondary N) is 1. The number of anilines is 1. The molecular formula is C20H15F2NO3. The molecule has 0 atom stereocenters. The highest BCUT2D eigenvalue weighted by atomic mass is 19.1. The predicted molar refractivity (Wildman–Crippen MR) is 93.8 cm³/mol. The molecule has 0 aromatic heterocycles. The molecule has 6 heteroatoms. The number of benzene rings is 3. The highest BCUT2D eigenvalue weighted by Crippen LogP contribution is 2.31. The van der Waals surface area contributed by atoms with Gasteiger partial charge in [-0.3, -0.25) is 4.79 Å². The van der Waals surface area contributed by atoms with E-state index in [1.165, 1.54) is 0 Å². The summed E-state index contributed by atoms with van der Waals surface area (Å²) in [5.74, 6) is -0.530. The number of hydrogen-bond donors (Lipinski definition) is 1. The second-order valence-electron chi connectivity index (χ2n) is 5.39. The number of ether oxygens (including phenoxy) is 2. The second-order valence-corrected chi connectivity index (χ2v) is 5.39.